The van der Waals surface area contributed by atoms with Crippen molar-refractivity contribution in [3.8, 4) is 0 Å². The fourth-order valence-electron chi connectivity index (χ4n) is 4.11. The molecule has 110 valence electrons. The Morgan fingerprint density at radius 1 is 1.40 bits per heavy atom. The zero-order chi connectivity index (χ0) is 14.0. The van der Waals surface area contributed by atoms with Crippen molar-refractivity contribution in [2.45, 2.75) is 64.6 Å². The minimum absolute atomic E-state index is 0.428. The molecule has 2 fully saturated rings. The van der Waals surface area contributed by atoms with Crippen LogP contribution in [-0.4, -0.2) is 23.7 Å². The van der Waals surface area contributed by atoms with E-state index < -0.39 is 0 Å². The molecule has 0 radical (unpaired) electrons. The summed E-state index contributed by atoms with van der Waals surface area (Å²) in [5.41, 5.74) is 3.07. The van der Waals surface area contributed by atoms with Crippen LogP contribution in [0.3, 0.4) is 0 Å². The van der Waals surface area contributed by atoms with Gasteiger partial charge in [-0.25, -0.2) is 0 Å². The fourth-order valence-corrected chi connectivity index (χ4v) is 4.11. The lowest BCUT2D eigenvalue weighted by atomic mass is 9.60. The number of ether oxygens (including phenoxy) is 1. The average molecular weight is 274 g/mol. The number of nitrogens with zero attached hydrogens (tertiary/aromatic N) is 1. The maximum Gasteiger partial charge on any atom is 0.0661 e. The minimum Gasteiger partial charge on any atom is -0.378 e. The molecule has 0 bridgehead atoms. The van der Waals surface area contributed by atoms with E-state index in [1.165, 1.54) is 43.2 Å². The van der Waals surface area contributed by atoms with Crippen molar-refractivity contribution < 1.29 is 4.74 Å². The summed E-state index contributed by atoms with van der Waals surface area (Å²) in [7, 11) is 0. The summed E-state index contributed by atoms with van der Waals surface area (Å²) in [5, 5.41) is 3.79. The molecule has 1 N–H and O–H groups in total. The Morgan fingerprint density at radius 3 is 2.90 bits per heavy atom. The van der Waals surface area contributed by atoms with Crippen LogP contribution in [0.2, 0.25) is 0 Å². The average Bonchev–Trinajstić information content (AvgIpc) is 2.96. The van der Waals surface area contributed by atoms with E-state index in [0.717, 1.165) is 13.2 Å². The molecule has 1 spiro atoms. The van der Waals surface area contributed by atoms with Crippen molar-refractivity contribution in [2.24, 2.45) is 5.41 Å². The zero-order valence-corrected chi connectivity index (χ0v) is 12.7. The van der Waals surface area contributed by atoms with Gasteiger partial charge in [-0.2, -0.15) is 0 Å². The number of hydrogen-bond acceptors (Lipinski definition) is 3. The molecule has 1 aromatic heterocycles. The lowest BCUT2D eigenvalue weighted by molar-refractivity contribution is -0.130. The van der Waals surface area contributed by atoms with E-state index in [1.807, 2.05) is 12.4 Å². The Bertz CT molecular complexity index is 454. The Morgan fingerprint density at radius 2 is 2.20 bits per heavy atom. The van der Waals surface area contributed by atoms with Gasteiger partial charge in [-0.15, -0.1) is 0 Å². The van der Waals surface area contributed by atoms with Crippen LogP contribution in [0, 0.1) is 12.3 Å². The molecule has 3 nitrogen and oxygen atoms in total. The monoisotopic (exact) mass is 274 g/mol. The van der Waals surface area contributed by atoms with Gasteiger partial charge in [0.15, 0.2) is 0 Å². The number of aromatic nitrogens is 1. The molecule has 0 aliphatic heterocycles. The van der Waals surface area contributed by atoms with Gasteiger partial charge in [0, 0.05) is 37.0 Å². The third-order valence-electron chi connectivity index (χ3n) is 5.36. The van der Waals surface area contributed by atoms with Gasteiger partial charge in [0.1, 0.15) is 0 Å². The largest absolute Gasteiger partial charge is 0.378 e. The van der Waals surface area contributed by atoms with E-state index in [9.17, 15) is 0 Å². The third kappa shape index (κ3) is 2.38. The van der Waals surface area contributed by atoms with Crippen molar-refractivity contribution in [2.75, 3.05) is 6.61 Å². The molecular weight excluding hydrogens is 248 g/mol. The molecule has 3 heteroatoms. The lowest BCUT2D eigenvalue weighted by Crippen LogP contribution is -2.62. The molecular formula is C17H26N2O. The first kappa shape index (κ1) is 14.0. The van der Waals surface area contributed by atoms with E-state index in [-0.39, 0.29) is 0 Å². The second kappa shape index (κ2) is 5.82. The van der Waals surface area contributed by atoms with Crippen LogP contribution in [0.5, 0.6) is 0 Å². The lowest BCUT2D eigenvalue weighted by Gasteiger charge is -2.54. The molecule has 2 aliphatic carbocycles. The van der Waals surface area contributed by atoms with E-state index in [0.29, 0.717) is 17.6 Å². The molecule has 2 saturated carbocycles. The maximum atomic E-state index is 5.97. The number of pyridine rings is 1. The van der Waals surface area contributed by atoms with Crippen molar-refractivity contribution in [3.63, 3.8) is 0 Å². The molecule has 3 rings (SSSR count). The Kier molecular flexibility index (Phi) is 4.08. The number of aryl methyl sites for hydroxylation is 1. The Hall–Kier alpha value is -0.930. The topological polar surface area (TPSA) is 34.1 Å². The molecule has 0 amide bonds. The van der Waals surface area contributed by atoms with Crippen molar-refractivity contribution in [1.82, 2.24) is 10.3 Å². The van der Waals surface area contributed by atoms with Gasteiger partial charge in [0.25, 0.3) is 0 Å². The second-order valence-electron chi connectivity index (χ2n) is 6.36. The first-order chi connectivity index (χ1) is 9.76. The highest BCUT2D eigenvalue weighted by atomic mass is 16.5. The first-order valence-corrected chi connectivity index (χ1v) is 8.01. The number of rotatable bonds is 5. The van der Waals surface area contributed by atoms with Crippen LogP contribution in [-0.2, 0) is 11.3 Å². The van der Waals surface area contributed by atoms with Crippen LogP contribution in [0.4, 0.5) is 0 Å². The molecule has 1 aromatic rings. The molecule has 2 unspecified atom stereocenters. The van der Waals surface area contributed by atoms with E-state index >= 15 is 0 Å². The van der Waals surface area contributed by atoms with Gasteiger partial charge in [-0.1, -0.05) is 12.8 Å². The van der Waals surface area contributed by atoms with Gasteiger partial charge < -0.3 is 10.1 Å². The summed E-state index contributed by atoms with van der Waals surface area (Å²) in [5.74, 6) is 0. The van der Waals surface area contributed by atoms with Crippen LogP contribution in [0.1, 0.15) is 50.2 Å². The molecule has 20 heavy (non-hydrogen) atoms. The van der Waals surface area contributed by atoms with Gasteiger partial charge in [0.05, 0.1) is 6.10 Å². The molecule has 0 aromatic carbocycles. The molecule has 0 saturated heterocycles. The van der Waals surface area contributed by atoms with Gasteiger partial charge in [-0.05, 0) is 50.3 Å². The van der Waals surface area contributed by atoms with Gasteiger partial charge >= 0.3 is 0 Å². The highest BCUT2D eigenvalue weighted by Gasteiger charge is 2.56. The van der Waals surface area contributed by atoms with Crippen LogP contribution >= 0.6 is 0 Å². The summed E-state index contributed by atoms with van der Waals surface area (Å²) in [4.78, 5) is 4.17. The first-order valence-electron chi connectivity index (χ1n) is 8.01. The zero-order valence-electron chi connectivity index (χ0n) is 12.7. The highest BCUT2D eigenvalue weighted by Crippen LogP contribution is 2.54. The summed E-state index contributed by atoms with van der Waals surface area (Å²) >= 11 is 0. The fraction of sp³-hybridized carbons (Fsp3) is 0.706. The normalized spacial score (nSPS) is 27.7. The van der Waals surface area contributed by atoms with Crippen molar-refractivity contribution >= 4 is 0 Å². The SMILES string of the molecule is CCOC1CC(NCc2ccncc2C)C12CCCC2. The van der Waals surface area contributed by atoms with Gasteiger partial charge in [-0.3, -0.25) is 4.98 Å². The minimum atomic E-state index is 0.428. The molecule has 1 heterocycles. The van der Waals surface area contributed by atoms with Crippen LogP contribution in [0.15, 0.2) is 18.5 Å². The summed E-state index contributed by atoms with van der Waals surface area (Å²) in [6.45, 7) is 6.06. The number of nitrogens with one attached hydrogen (secondary N) is 1. The Balaban J connectivity index is 1.62. The predicted octanol–water partition coefficient (Wildman–Crippen LogP) is 3.22. The number of hydrogen-bond donors (Lipinski definition) is 1. The summed E-state index contributed by atoms with van der Waals surface area (Å²) in [6.07, 6.45) is 10.9. The van der Waals surface area contributed by atoms with Crippen molar-refractivity contribution in [3.05, 3.63) is 29.6 Å². The van der Waals surface area contributed by atoms with E-state index in [2.05, 4.69) is 30.2 Å². The summed E-state index contributed by atoms with van der Waals surface area (Å²) < 4.78 is 5.97. The third-order valence-corrected chi connectivity index (χ3v) is 5.36. The molecule has 2 atom stereocenters. The van der Waals surface area contributed by atoms with Crippen molar-refractivity contribution in [1.29, 1.82) is 0 Å². The summed E-state index contributed by atoms with van der Waals surface area (Å²) in [6, 6.07) is 2.76. The van der Waals surface area contributed by atoms with Crippen LogP contribution in [0.25, 0.3) is 0 Å². The van der Waals surface area contributed by atoms with Crippen LogP contribution < -0.4 is 5.32 Å². The molecule has 2 aliphatic rings. The van der Waals surface area contributed by atoms with E-state index in [1.54, 1.807) is 0 Å². The quantitative estimate of drug-likeness (QED) is 0.895. The second-order valence-corrected chi connectivity index (χ2v) is 6.36. The van der Waals surface area contributed by atoms with Gasteiger partial charge in [0.2, 0.25) is 0 Å². The highest BCUT2D eigenvalue weighted by molar-refractivity contribution is 5.22. The maximum absolute atomic E-state index is 5.97. The standard InChI is InChI=1S/C17H26N2O/c1-3-20-16-10-15(17(16)7-4-5-8-17)19-12-14-6-9-18-11-13(14)2/h6,9,11,15-16,19H,3-5,7-8,10,12H2,1-2H3. The predicted molar refractivity (Wildman–Crippen MR) is 80.5 cm³/mol. The Labute approximate surface area is 122 Å². The van der Waals surface area contributed by atoms with E-state index in [4.69, 9.17) is 4.74 Å². The smallest absolute Gasteiger partial charge is 0.0661 e.